The molecule has 0 aromatic carbocycles. The van der Waals surface area contributed by atoms with Gasteiger partial charge in [0.15, 0.2) is 0 Å². The Labute approximate surface area is 99.4 Å². The van der Waals surface area contributed by atoms with E-state index in [-0.39, 0.29) is 0 Å². The normalized spacial score (nSPS) is 10.1. The third kappa shape index (κ3) is 7.43. The first-order chi connectivity index (χ1) is 7.76. The molecule has 0 heterocycles. The lowest BCUT2D eigenvalue weighted by Crippen LogP contribution is -2.19. The molecule has 94 valence electrons. The van der Waals surface area contributed by atoms with E-state index in [4.69, 9.17) is 11.5 Å². The molecule has 0 aliphatic heterocycles. The summed E-state index contributed by atoms with van der Waals surface area (Å²) in [5, 5.41) is 5.81. The van der Waals surface area contributed by atoms with E-state index in [1.54, 1.807) is 0 Å². The van der Waals surface area contributed by atoms with Crippen molar-refractivity contribution in [2.45, 2.75) is 38.5 Å². The third-order valence-corrected chi connectivity index (χ3v) is 2.53. The van der Waals surface area contributed by atoms with Gasteiger partial charge in [0, 0.05) is 19.0 Å². The van der Waals surface area contributed by atoms with E-state index < -0.39 is 0 Å². The summed E-state index contributed by atoms with van der Waals surface area (Å²) in [6, 6.07) is 0. The van der Waals surface area contributed by atoms with E-state index in [1.807, 2.05) is 5.01 Å². The van der Waals surface area contributed by atoms with Crippen LogP contribution >= 0.6 is 0 Å². The summed E-state index contributed by atoms with van der Waals surface area (Å²) >= 11 is 0. The van der Waals surface area contributed by atoms with Crippen molar-refractivity contribution in [1.82, 2.24) is 5.01 Å². The molecule has 0 rings (SSSR count). The molecule has 0 aliphatic rings. The highest BCUT2D eigenvalue weighted by atomic mass is 15.4. The minimum absolute atomic E-state index is 0.676. The maximum absolute atomic E-state index is 5.46. The van der Waals surface area contributed by atoms with Crippen molar-refractivity contribution in [3.8, 4) is 0 Å². The van der Waals surface area contributed by atoms with Gasteiger partial charge in [-0.05, 0) is 38.8 Å². The van der Waals surface area contributed by atoms with Gasteiger partial charge in [-0.15, -0.1) is 0 Å². The second-order valence-electron chi connectivity index (χ2n) is 3.93. The summed E-state index contributed by atoms with van der Waals surface area (Å²) < 4.78 is 0. The second kappa shape index (κ2) is 10.6. The number of unbranched alkanes of at least 4 members (excludes halogenated alkanes) is 3. The van der Waals surface area contributed by atoms with Gasteiger partial charge >= 0.3 is 0 Å². The fourth-order valence-electron chi connectivity index (χ4n) is 1.53. The van der Waals surface area contributed by atoms with Gasteiger partial charge in [-0.3, -0.25) is 5.01 Å². The lowest BCUT2D eigenvalue weighted by molar-refractivity contribution is 0.347. The molecule has 0 aromatic rings. The molecule has 0 saturated carbocycles. The van der Waals surface area contributed by atoms with E-state index in [9.17, 15) is 0 Å². The molecule has 0 saturated heterocycles. The highest BCUT2D eigenvalue weighted by molar-refractivity contribution is 5.23. The Morgan fingerprint density at radius 3 is 2.19 bits per heavy atom. The molecule has 16 heavy (non-hydrogen) atoms. The first-order valence-corrected chi connectivity index (χ1v) is 6.08. The predicted octanol–water partition coefficient (Wildman–Crippen LogP) is 1.68. The Bertz CT molecular complexity index is 191. The monoisotopic (exact) mass is 226 g/mol. The molecule has 4 N–H and O–H groups in total. The van der Waals surface area contributed by atoms with E-state index in [0.717, 1.165) is 44.5 Å². The number of nitrogens with zero attached hydrogens (tertiary/aromatic N) is 2. The van der Waals surface area contributed by atoms with E-state index in [2.05, 4.69) is 18.4 Å². The second-order valence-corrected chi connectivity index (χ2v) is 3.93. The zero-order valence-corrected chi connectivity index (χ0v) is 10.3. The van der Waals surface area contributed by atoms with Crippen molar-refractivity contribution in [2.24, 2.45) is 16.6 Å². The number of rotatable bonds is 11. The van der Waals surface area contributed by atoms with Crippen LogP contribution in [-0.4, -0.2) is 31.4 Å². The van der Waals surface area contributed by atoms with Crippen LogP contribution in [0.3, 0.4) is 0 Å². The predicted molar refractivity (Wildman–Crippen MR) is 71.2 cm³/mol. The lowest BCUT2D eigenvalue weighted by Gasteiger charge is -2.20. The van der Waals surface area contributed by atoms with Gasteiger partial charge in [-0.25, -0.2) is 0 Å². The van der Waals surface area contributed by atoms with Crippen LogP contribution in [-0.2, 0) is 0 Å². The Morgan fingerprint density at radius 1 is 1.00 bits per heavy atom. The van der Waals surface area contributed by atoms with Gasteiger partial charge in [0.25, 0.3) is 0 Å². The van der Waals surface area contributed by atoms with Crippen LogP contribution in [0, 0.1) is 0 Å². The Morgan fingerprint density at radius 2 is 1.62 bits per heavy atom. The summed E-state index contributed by atoms with van der Waals surface area (Å²) in [6.45, 7) is 9.86. The fraction of sp³-hybridized carbons (Fsp3) is 0.750. The minimum atomic E-state index is 0.676. The van der Waals surface area contributed by atoms with Crippen LogP contribution in [0.25, 0.3) is 0 Å². The average Bonchev–Trinajstić information content (AvgIpc) is 2.30. The molecule has 0 amide bonds. The number of nitrogens with two attached hydrogens (primary N) is 2. The quantitative estimate of drug-likeness (QED) is 0.320. The Kier molecular flexibility index (Phi) is 10.1. The van der Waals surface area contributed by atoms with Crippen LogP contribution in [0.15, 0.2) is 17.4 Å². The molecule has 0 unspecified atom stereocenters. The van der Waals surface area contributed by atoms with Gasteiger partial charge in [0.1, 0.15) is 0 Å². The first-order valence-electron chi connectivity index (χ1n) is 6.08. The van der Waals surface area contributed by atoms with Crippen LogP contribution in [0.4, 0.5) is 0 Å². The molecule has 4 heteroatoms. The SMILES string of the molecule is C=NN(CCCN)C(=C)CCCCCCN. The van der Waals surface area contributed by atoms with Crippen molar-refractivity contribution >= 4 is 6.72 Å². The summed E-state index contributed by atoms with van der Waals surface area (Å²) in [6.07, 6.45) is 6.57. The largest absolute Gasteiger partial charge is 0.330 e. The highest BCUT2D eigenvalue weighted by Gasteiger charge is 2.04. The average molecular weight is 226 g/mol. The summed E-state index contributed by atoms with van der Waals surface area (Å²) in [4.78, 5) is 0. The standard InChI is InChI=1S/C12H26N4/c1-12(8-5-3-4-6-9-13)16(15-2)11-7-10-14/h1-11,13-14H2. The topological polar surface area (TPSA) is 67.6 Å². The zero-order valence-electron chi connectivity index (χ0n) is 10.3. The maximum Gasteiger partial charge on any atom is 0.0423 e. The molecule has 0 radical (unpaired) electrons. The van der Waals surface area contributed by atoms with Crippen molar-refractivity contribution < 1.29 is 0 Å². The summed E-state index contributed by atoms with van der Waals surface area (Å²) in [5.41, 5.74) is 11.9. The number of hydrogen-bond donors (Lipinski definition) is 2. The Hall–Kier alpha value is -0.870. The molecule has 0 bridgehead atoms. The molecule has 0 fully saturated rings. The van der Waals surface area contributed by atoms with Crippen molar-refractivity contribution in [3.63, 3.8) is 0 Å². The van der Waals surface area contributed by atoms with E-state index in [0.29, 0.717) is 6.54 Å². The van der Waals surface area contributed by atoms with Crippen LogP contribution in [0.5, 0.6) is 0 Å². The smallest absolute Gasteiger partial charge is 0.0423 e. The molecular formula is C12H26N4. The van der Waals surface area contributed by atoms with Gasteiger partial charge in [0.2, 0.25) is 0 Å². The number of hydrogen-bond acceptors (Lipinski definition) is 4. The maximum atomic E-state index is 5.46. The number of allylic oxidation sites excluding steroid dienone is 1. The van der Waals surface area contributed by atoms with Crippen molar-refractivity contribution in [3.05, 3.63) is 12.3 Å². The highest BCUT2D eigenvalue weighted by Crippen LogP contribution is 2.13. The molecule has 0 spiro atoms. The zero-order chi connectivity index (χ0) is 12.2. The summed E-state index contributed by atoms with van der Waals surface area (Å²) in [7, 11) is 0. The first kappa shape index (κ1) is 15.1. The fourth-order valence-corrected chi connectivity index (χ4v) is 1.53. The van der Waals surface area contributed by atoms with Gasteiger partial charge in [-0.2, -0.15) is 5.10 Å². The van der Waals surface area contributed by atoms with E-state index >= 15 is 0 Å². The third-order valence-electron chi connectivity index (χ3n) is 2.53. The lowest BCUT2D eigenvalue weighted by atomic mass is 10.1. The minimum Gasteiger partial charge on any atom is -0.330 e. The van der Waals surface area contributed by atoms with Crippen molar-refractivity contribution in [1.29, 1.82) is 0 Å². The van der Waals surface area contributed by atoms with Crippen LogP contribution in [0.2, 0.25) is 0 Å². The van der Waals surface area contributed by atoms with Gasteiger partial charge in [0.05, 0.1) is 0 Å². The molecule has 0 atom stereocenters. The van der Waals surface area contributed by atoms with Crippen LogP contribution in [0.1, 0.15) is 38.5 Å². The Balaban J connectivity index is 3.62. The molecule has 0 aliphatic carbocycles. The van der Waals surface area contributed by atoms with E-state index in [1.165, 1.54) is 12.8 Å². The molecule has 0 aromatic heterocycles. The van der Waals surface area contributed by atoms with Gasteiger partial charge in [-0.1, -0.05) is 19.4 Å². The number of hydrazone groups is 1. The summed E-state index contributed by atoms with van der Waals surface area (Å²) in [5.74, 6) is 0. The van der Waals surface area contributed by atoms with Gasteiger partial charge < -0.3 is 11.5 Å². The molecule has 4 nitrogen and oxygen atoms in total. The van der Waals surface area contributed by atoms with Crippen LogP contribution < -0.4 is 11.5 Å². The van der Waals surface area contributed by atoms with Crippen molar-refractivity contribution in [2.75, 3.05) is 19.6 Å². The molecular weight excluding hydrogens is 200 g/mol.